The molecule has 1 aliphatic rings. The molecule has 0 aromatic carbocycles. The van der Waals surface area contributed by atoms with E-state index in [1.54, 1.807) is 0 Å². The van der Waals surface area contributed by atoms with Crippen LogP contribution in [0.1, 0.15) is 30.4 Å². The van der Waals surface area contributed by atoms with Crippen molar-refractivity contribution in [2.24, 2.45) is 0 Å². The minimum absolute atomic E-state index is 0.0642. The number of Topliss-reactive ketones (excluding diaryl/α,β-unsaturated/α-hetero) is 1. The molecular weight excluding hydrogens is 312 g/mol. The monoisotopic (exact) mass is 332 g/mol. The van der Waals surface area contributed by atoms with Crippen molar-refractivity contribution in [2.45, 2.75) is 31.3 Å². The molecule has 1 aromatic heterocycles. The van der Waals surface area contributed by atoms with Gasteiger partial charge in [-0.1, -0.05) is 0 Å². The fraction of sp³-hybridized carbons (Fsp3) is 0.615. The SMILES string of the molecule is CC(=O)c1sc(N2CCOC(C)(C)C2)c(S(C)(=O)=O)c1N. The molecule has 0 atom stereocenters. The van der Waals surface area contributed by atoms with Crippen molar-refractivity contribution in [1.29, 1.82) is 0 Å². The fourth-order valence-electron chi connectivity index (χ4n) is 2.43. The average molecular weight is 332 g/mol. The number of anilines is 2. The number of carbonyl (C=O) groups is 1. The molecule has 0 saturated carbocycles. The lowest BCUT2D eigenvalue weighted by Gasteiger charge is -2.39. The van der Waals surface area contributed by atoms with Crippen LogP contribution in [-0.2, 0) is 14.6 Å². The van der Waals surface area contributed by atoms with Crippen LogP contribution < -0.4 is 10.6 Å². The molecule has 8 heteroatoms. The van der Waals surface area contributed by atoms with Crippen molar-refractivity contribution in [3.05, 3.63) is 4.88 Å². The van der Waals surface area contributed by atoms with Crippen LogP contribution >= 0.6 is 11.3 Å². The van der Waals surface area contributed by atoms with E-state index in [0.29, 0.717) is 29.6 Å². The quantitative estimate of drug-likeness (QED) is 0.845. The summed E-state index contributed by atoms with van der Waals surface area (Å²) < 4.78 is 29.8. The normalized spacial score (nSPS) is 18.8. The molecule has 6 nitrogen and oxygen atoms in total. The Balaban J connectivity index is 2.58. The van der Waals surface area contributed by atoms with Crippen molar-refractivity contribution in [3.8, 4) is 0 Å². The number of hydrogen-bond donors (Lipinski definition) is 1. The minimum Gasteiger partial charge on any atom is -0.396 e. The van der Waals surface area contributed by atoms with Gasteiger partial charge in [-0.2, -0.15) is 0 Å². The molecule has 0 aliphatic carbocycles. The molecule has 0 bridgehead atoms. The Labute approximate surface area is 128 Å². The summed E-state index contributed by atoms with van der Waals surface area (Å²) in [6.45, 7) is 6.91. The van der Waals surface area contributed by atoms with E-state index in [9.17, 15) is 13.2 Å². The maximum Gasteiger partial charge on any atom is 0.180 e. The number of ether oxygens (including phenoxy) is 1. The molecule has 2 N–H and O–H groups in total. The smallest absolute Gasteiger partial charge is 0.180 e. The van der Waals surface area contributed by atoms with Crippen LogP contribution in [0.4, 0.5) is 10.7 Å². The molecule has 2 heterocycles. The Morgan fingerprint density at radius 3 is 2.52 bits per heavy atom. The summed E-state index contributed by atoms with van der Waals surface area (Å²) in [5, 5.41) is 0.538. The van der Waals surface area contributed by atoms with Gasteiger partial charge in [0.05, 0.1) is 22.8 Å². The summed E-state index contributed by atoms with van der Waals surface area (Å²) in [6, 6.07) is 0. The van der Waals surface area contributed by atoms with E-state index in [4.69, 9.17) is 10.5 Å². The second kappa shape index (κ2) is 5.26. The molecule has 0 radical (unpaired) electrons. The summed E-state index contributed by atoms with van der Waals surface area (Å²) in [7, 11) is -3.51. The van der Waals surface area contributed by atoms with Crippen LogP contribution in [0.25, 0.3) is 0 Å². The molecule has 1 fully saturated rings. The van der Waals surface area contributed by atoms with Crippen molar-refractivity contribution < 1.29 is 17.9 Å². The van der Waals surface area contributed by atoms with Crippen molar-refractivity contribution in [3.63, 3.8) is 0 Å². The largest absolute Gasteiger partial charge is 0.396 e. The molecular formula is C13H20N2O4S2. The van der Waals surface area contributed by atoms with Gasteiger partial charge in [0.1, 0.15) is 9.90 Å². The van der Waals surface area contributed by atoms with Gasteiger partial charge < -0.3 is 15.4 Å². The number of hydrogen-bond acceptors (Lipinski definition) is 7. The average Bonchev–Trinajstić information content (AvgIpc) is 2.65. The van der Waals surface area contributed by atoms with Gasteiger partial charge in [0.15, 0.2) is 15.6 Å². The van der Waals surface area contributed by atoms with Crippen LogP contribution in [0, 0.1) is 0 Å². The second-order valence-electron chi connectivity index (χ2n) is 5.84. The highest BCUT2D eigenvalue weighted by Gasteiger charge is 2.34. The van der Waals surface area contributed by atoms with Gasteiger partial charge in [-0.05, 0) is 13.8 Å². The van der Waals surface area contributed by atoms with Gasteiger partial charge in [-0.15, -0.1) is 11.3 Å². The van der Waals surface area contributed by atoms with Crippen LogP contribution in [0.3, 0.4) is 0 Å². The van der Waals surface area contributed by atoms with Gasteiger partial charge >= 0.3 is 0 Å². The Kier molecular flexibility index (Phi) is 4.07. The number of rotatable bonds is 3. The van der Waals surface area contributed by atoms with Crippen molar-refractivity contribution >= 4 is 37.6 Å². The maximum absolute atomic E-state index is 12.1. The van der Waals surface area contributed by atoms with E-state index < -0.39 is 9.84 Å². The number of nitrogens with zero attached hydrogens (tertiary/aromatic N) is 1. The third-order valence-electron chi connectivity index (χ3n) is 3.29. The van der Waals surface area contributed by atoms with Crippen LogP contribution in [0.15, 0.2) is 4.90 Å². The van der Waals surface area contributed by atoms with E-state index in [0.717, 1.165) is 17.6 Å². The van der Waals surface area contributed by atoms with Crippen LogP contribution in [0.2, 0.25) is 0 Å². The molecule has 0 spiro atoms. The van der Waals surface area contributed by atoms with Gasteiger partial charge in [0.2, 0.25) is 0 Å². The van der Waals surface area contributed by atoms with Gasteiger partial charge in [0, 0.05) is 26.3 Å². The predicted molar refractivity (Wildman–Crippen MR) is 84.1 cm³/mol. The second-order valence-corrected chi connectivity index (χ2v) is 8.79. The van der Waals surface area contributed by atoms with E-state index in [1.807, 2.05) is 18.7 Å². The van der Waals surface area contributed by atoms with E-state index in [-0.39, 0.29) is 22.0 Å². The lowest BCUT2D eigenvalue weighted by molar-refractivity contribution is -0.0276. The Morgan fingerprint density at radius 1 is 1.43 bits per heavy atom. The summed E-state index contributed by atoms with van der Waals surface area (Å²) in [6.07, 6.45) is 1.12. The molecule has 0 amide bonds. The zero-order chi connectivity index (χ0) is 16.0. The predicted octanol–water partition coefficient (Wildman–Crippen LogP) is 1.55. The van der Waals surface area contributed by atoms with Gasteiger partial charge in [0.25, 0.3) is 0 Å². The first-order valence-electron chi connectivity index (χ1n) is 6.55. The van der Waals surface area contributed by atoms with E-state index >= 15 is 0 Å². The zero-order valence-corrected chi connectivity index (χ0v) is 14.2. The molecule has 1 aromatic rings. The highest BCUT2D eigenvalue weighted by Crippen LogP contribution is 2.42. The number of sulfone groups is 1. The van der Waals surface area contributed by atoms with Gasteiger partial charge in [-0.25, -0.2) is 8.42 Å². The highest BCUT2D eigenvalue weighted by molar-refractivity contribution is 7.91. The molecule has 1 aliphatic heterocycles. The summed E-state index contributed by atoms with van der Waals surface area (Å²) in [5.41, 5.74) is 5.61. The van der Waals surface area contributed by atoms with Gasteiger partial charge in [-0.3, -0.25) is 4.79 Å². The fourth-order valence-corrected chi connectivity index (χ4v) is 5.06. The molecule has 118 valence electrons. The standard InChI is InChI=1S/C13H20N2O4S2/c1-8(16)10-9(14)11(21(4,17)18)12(20-10)15-5-6-19-13(2,3)7-15/h5-7,14H2,1-4H3. The van der Waals surface area contributed by atoms with Crippen LogP contribution in [0.5, 0.6) is 0 Å². The first-order valence-corrected chi connectivity index (χ1v) is 9.26. The highest BCUT2D eigenvalue weighted by atomic mass is 32.2. The lowest BCUT2D eigenvalue weighted by atomic mass is 10.1. The van der Waals surface area contributed by atoms with Crippen LogP contribution in [-0.4, -0.2) is 45.8 Å². The number of morpholine rings is 1. The minimum atomic E-state index is -3.51. The molecule has 2 rings (SSSR count). The first kappa shape index (κ1) is 16.3. The molecule has 21 heavy (non-hydrogen) atoms. The topological polar surface area (TPSA) is 89.7 Å². The zero-order valence-electron chi connectivity index (χ0n) is 12.6. The summed E-state index contributed by atoms with van der Waals surface area (Å²) >= 11 is 1.15. The summed E-state index contributed by atoms with van der Waals surface area (Å²) in [5.74, 6) is -0.221. The number of nitrogens with two attached hydrogens (primary N) is 1. The third-order valence-corrected chi connectivity index (χ3v) is 5.94. The number of nitrogen functional groups attached to an aromatic ring is 1. The van der Waals surface area contributed by atoms with Crippen molar-refractivity contribution in [1.82, 2.24) is 0 Å². The number of carbonyl (C=O) groups excluding carboxylic acids is 1. The lowest BCUT2D eigenvalue weighted by Crippen LogP contribution is -2.48. The Hall–Kier alpha value is -1.12. The molecule has 0 unspecified atom stereocenters. The number of thiophene rings is 1. The van der Waals surface area contributed by atoms with Crippen molar-refractivity contribution in [2.75, 3.05) is 36.6 Å². The third kappa shape index (κ3) is 3.22. The van der Waals surface area contributed by atoms with E-state index in [2.05, 4.69) is 0 Å². The first-order chi connectivity index (χ1) is 9.53. The summed E-state index contributed by atoms with van der Waals surface area (Å²) in [4.78, 5) is 14.0. The Bertz CT molecular complexity index is 677. The molecule has 1 saturated heterocycles. The van der Waals surface area contributed by atoms with E-state index in [1.165, 1.54) is 6.92 Å². The maximum atomic E-state index is 12.1. The Morgan fingerprint density at radius 2 is 2.05 bits per heavy atom. The number of ketones is 1.